The van der Waals surface area contributed by atoms with Crippen LogP contribution in [0, 0.1) is 5.41 Å². The molecule has 182 valence electrons. The molecule has 0 amide bonds. The Morgan fingerprint density at radius 1 is 0.824 bits per heavy atom. The van der Waals surface area contributed by atoms with Gasteiger partial charge < -0.3 is 14.9 Å². The van der Waals surface area contributed by atoms with Gasteiger partial charge in [0.2, 0.25) is 0 Å². The summed E-state index contributed by atoms with van der Waals surface area (Å²) in [6.07, 6.45) is 4.67. The van der Waals surface area contributed by atoms with Crippen molar-refractivity contribution in [1.29, 1.82) is 0 Å². The predicted octanol–water partition coefficient (Wildman–Crippen LogP) is 3.00. The smallest absolute Gasteiger partial charge is 0.0794 e. The third-order valence-corrected chi connectivity index (χ3v) is 8.68. The van der Waals surface area contributed by atoms with Crippen LogP contribution in [0.25, 0.3) is 0 Å². The van der Waals surface area contributed by atoms with Gasteiger partial charge in [0.25, 0.3) is 0 Å². The summed E-state index contributed by atoms with van der Waals surface area (Å²) in [6.45, 7) is 10.2. The summed E-state index contributed by atoms with van der Waals surface area (Å²) in [6, 6.07) is 16.0. The normalized spacial score (nSPS) is 23.9. The number of benzene rings is 2. The summed E-state index contributed by atoms with van der Waals surface area (Å²) in [5.74, 6) is 0. The molecule has 4 aliphatic rings. The number of β-amino-alcohol motifs (C(OH)–C–C–N with tert-alkyl or cyclic N) is 1. The van der Waals surface area contributed by atoms with Crippen molar-refractivity contribution in [1.82, 2.24) is 14.7 Å². The molecule has 1 aliphatic carbocycles. The molecule has 5 nitrogen and oxygen atoms in total. The first-order valence-corrected chi connectivity index (χ1v) is 13.3. The zero-order valence-electron chi connectivity index (χ0n) is 20.8. The van der Waals surface area contributed by atoms with Gasteiger partial charge in [-0.1, -0.05) is 30.3 Å². The minimum absolute atomic E-state index is 0.299. The van der Waals surface area contributed by atoms with Gasteiger partial charge >= 0.3 is 0 Å². The second-order valence-corrected chi connectivity index (χ2v) is 11.5. The Morgan fingerprint density at radius 2 is 1.53 bits per heavy atom. The van der Waals surface area contributed by atoms with Gasteiger partial charge in [0.05, 0.1) is 6.10 Å². The van der Waals surface area contributed by atoms with E-state index in [-0.39, 0.29) is 6.10 Å². The lowest BCUT2D eigenvalue weighted by molar-refractivity contribution is 0.0607. The molecule has 2 aromatic carbocycles. The number of piperazine rings is 1. The van der Waals surface area contributed by atoms with Crippen molar-refractivity contribution in [3.05, 3.63) is 64.7 Å². The molecule has 1 atom stereocenters. The first-order chi connectivity index (χ1) is 16.6. The highest BCUT2D eigenvalue weighted by Gasteiger charge is 2.45. The van der Waals surface area contributed by atoms with Crippen LogP contribution in [0.15, 0.2) is 42.5 Å². The van der Waals surface area contributed by atoms with Gasteiger partial charge in [-0.2, -0.15) is 0 Å². The maximum absolute atomic E-state index is 11.1. The molecule has 1 N–H and O–H groups in total. The minimum Gasteiger partial charge on any atom is -0.390 e. The van der Waals surface area contributed by atoms with Gasteiger partial charge in [-0.3, -0.25) is 9.80 Å². The number of aliphatic hydroxyl groups excluding tert-OH is 1. The molecular weight excluding hydrogens is 420 g/mol. The number of rotatable bonds is 5. The van der Waals surface area contributed by atoms with E-state index in [2.05, 4.69) is 69.1 Å². The van der Waals surface area contributed by atoms with Gasteiger partial charge in [-0.05, 0) is 72.5 Å². The zero-order valence-corrected chi connectivity index (χ0v) is 20.8. The number of hydrogen-bond acceptors (Lipinski definition) is 5. The molecule has 0 aromatic heterocycles. The largest absolute Gasteiger partial charge is 0.390 e. The molecule has 2 aromatic rings. The predicted molar refractivity (Wildman–Crippen MR) is 138 cm³/mol. The van der Waals surface area contributed by atoms with E-state index in [1.807, 2.05) is 0 Å². The summed E-state index contributed by atoms with van der Waals surface area (Å²) < 4.78 is 0. The number of nitrogens with zero attached hydrogens (tertiary/aromatic N) is 4. The molecule has 0 bridgehead atoms. The number of anilines is 1. The van der Waals surface area contributed by atoms with Crippen molar-refractivity contribution in [2.75, 3.05) is 64.3 Å². The minimum atomic E-state index is -0.299. The Hall–Kier alpha value is -1.92. The van der Waals surface area contributed by atoms with E-state index < -0.39 is 0 Å². The molecular formula is C29H40N4O. The molecule has 6 rings (SSSR count). The number of hydrogen-bond donors (Lipinski definition) is 1. The van der Waals surface area contributed by atoms with Crippen LogP contribution in [-0.2, 0) is 25.9 Å². The maximum atomic E-state index is 11.1. The first kappa shape index (κ1) is 22.5. The molecule has 1 saturated heterocycles. The molecule has 1 saturated carbocycles. The van der Waals surface area contributed by atoms with Gasteiger partial charge in [-0.25, -0.2) is 0 Å². The van der Waals surface area contributed by atoms with Crippen LogP contribution in [0.2, 0.25) is 0 Å². The van der Waals surface area contributed by atoms with Gasteiger partial charge in [0.1, 0.15) is 0 Å². The van der Waals surface area contributed by atoms with Crippen molar-refractivity contribution >= 4 is 5.69 Å². The second kappa shape index (κ2) is 9.27. The molecule has 34 heavy (non-hydrogen) atoms. The maximum Gasteiger partial charge on any atom is 0.0794 e. The number of likely N-dealkylation sites (N-methyl/N-ethyl adjacent to an activating group) is 1. The molecule has 0 radical (unpaired) electrons. The monoisotopic (exact) mass is 460 g/mol. The zero-order chi connectivity index (χ0) is 23.1. The first-order valence-electron chi connectivity index (χ1n) is 13.3. The van der Waals surface area contributed by atoms with Crippen molar-refractivity contribution in [2.45, 2.75) is 44.9 Å². The van der Waals surface area contributed by atoms with E-state index in [0.717, 1.165) is 71.9 Å². The Labute approximate surface area is 205 Å². The third kappa shape index (κ3) is 4.90. The van der Waals surface area contributed by atoms with Gasteiger partial charge in [-0.15, -0.1) is 0 Å². The van der Waals surface area contributed by atoms with E-state index in [9.17, 15) is 5.11 Å². The van der Waals surface area contributed by atoms with Crippen LogP contribution in [0.4, 0.5) is 5.69 Å². The van der Waals surface area contributed by atoms with Crippen LogP contribution in [0.5, 0.6) is 0 Å². The second-order valence-electron chi connectivity index (χ2n) is 11.5. The van der Waals surface area contributed by atoms with E-state index in [1.54, 1.807) is 5.56 Å². The third-order valence-electron chi connectivity index (χ3n) is 8.68. The van der Waals surface area contributed by atoms with Crippen molar-refractivity contribution < 1.29 is 5.11 Å². The average Bonchev–Trinajstić information content (AvgIpc) is 3.61. The fraction of sp³-hybridized carbons (Fsp3) is 0.586. The van der Waals surface area contributed by atoms with Gasteiger partial charge in [0.15, 0.2) is 0 Å². The molecule has 3 heterocycles. The number of aliphatic hydroxyl groups is 1. The summed E-state index contributed by atoms with van der Waals surface area (Å²) in [5.41, 5.74) is 7.78. The summed E-state index contributed by atoms with van der Waals surface area (Å²) in [4.78, 5) is 9.97. The van der Waals surface area contributed by atoms with E-state index >= 15 is 0 Å². The molecule has 1 spiro atoms. The average molecular weight is 461 g/mol. The summed E-state index contributed by atoms with van der Waals surface area (Å²) >= 11 is 0. The Kier molecular flexibility index (Phi) is 6.14. The fourth-order valence-corrected chi connectivity index (χ4v) is 6.43. The highest BCUT2D eigenvalue weighted by Crippen LogP contribution is 2.51. The molecule has 1 unspecified atom stereocenters. The summed E-state index contributed by atoms with van der Waals surface area (Å²) in [5, 5.41) is 11.1. The van der Waals surface area contributed by atoms with E-state index in [0.29, 0.717) is 5.41 Å². The highest BCUT2D eigenvalue weighted by molar-refractivity contribution is 5.52. The number of fused-ring (bicyclic) bond motifs is 2. The Morgan fingerprint density at radius 3 is 2.32 bits per heavy atom. The highest BCUT2D eigenvalue weighted by atomic mass is 16.3. The van der Waals surface area contributed by atoms with Crippen molar-refractivity contribution in [3.8, 4) is 0 Å². The molecule has 5 heteroatoms. The lowest BCUT2D eigenvalue weighted by Crippen LogP contribution is -2.44. The fourth-order valence-electron chi connectivity index (χ4n) is 6.43. The summed E-state index contributed by atoms with van der Waals surface area (Å²) in [7, 11) is 2.22. The lowest BCUT2D eigenvalue weighted by Gasteiger charge is -2.34. The lowest BCUT2D eigenvalue weighted by atomic mass is 9.94. The van der Waals surface area contributed by atoms with Gasteiger partial charge in [0, 0.05) is 71.1 Å². The Balaban J connectivity index is 1.11. The van der Waals surface area contributed by atoms with Crippen LogP contribution in [-0.4, -0.2) is 85.3 Å². The Bertz CT molecular complexity index is 1010. The van der Waals surface area contributed by atoms with Crippen LogP contribution < -0.4 is 4.90 Å². The standard InChI is InChI=1S/C29H40N4O/c1-30-12-14-33(15-13-30)27-7-6-25-19-32(22-29(9-10-29)17-26(25)16-27)21-28(34)20-31-11-8-23-4-2-3-5-24(23)18-31/h2-7,16,28,34H,8-15,17-22H2,1H3. The molecule has 3 aliphatic heterocycles. The van der Waals surface area contributed by atoms with Crippen LogP contribution in [0.3, 0.4) is 0 Å². The SMILES string of the molecule is CN1CCN(c2ccc3c(c2)CC2(CC2)CN(CC(O)CN2CCc4ccccc4C2)C3)CC1. The van der Waals surface area contributed by atoms with E-state index in [4.69, 9.17) is 0 Å². The van der Waals surface area contributed by atoms with Crippen LogP contribution >= 0.6 is 0 Å². The topological polar surface area (TPSA) is 33.2 Å². The van der Waals surface area contributed by atoms with E-state index in [1.165, 1.54) is 41.6 Å². The molecule has 2 fully saturated rings. The quantitative estimate of drug-likeness (QED) is 0.742. The van der Waals surface area contributed by atoms with Crippen molar-refractivity contribution in [2.24, 2.45) is 5.41 Å². The van der Waals surface area contributed by atoms with Crippen molar-refractivity contribution in [3.63, 3.8) is 0 Å². The van der Waals surface area contributed by atoms with Crippen LogP contribution in [0.1, 0.15) is 35.1 Å².